The molecule has 0 saturated heterocycles. The van der Waals surface area contributed by atoms with Crippen molar-refractivity contribution in [2.24, 2.45) is 0 Å². The number of nitrogens with zero attached hydrogens (tertiary/aromatic N) is 3. The van der Waals surface area contributed by atoms with Crippen molar-refractivity contribution in [2.45, 2.75) is 33.4 Å². The van der Waals surface area contributed by atoms with Crippen LogP contribution < -0.4 is 5.32 Å². The van der Waals surface area contributed by atoms with E-state index < -0.39 is 5.82 Å². The highest BCUT2D eigenvalue weighted by Gasteiger charge is 2.13. The number of halogens is 2. The Hall–Kier alpha value is -1.87. The normalized spacial score (nSPS) is 10.4. The van der Waals surface area contributed by atoms with E-state index >= 15 is 0 Å². The summed E-state index contributed by atoms with van der Waals surface area (Å²) in [6.45, 7) is 5.43. The molecule has 1 N–H and O–H groups in total. The quantitative estimate of drug-likeness (QED) is 0.890. The SMILES string of the molecule is CCc1nn(CC)c(CNc2ccc(F)c(C#N)c2)c1Br. The van der Waals surface area contributed by atoms with Crippen molar-refractivity contribution in [1.29, 1.82) is 5.26 Å². The van der Waals surface area contributed by atoms with Gasteiger partial charge in [-0.2, -0.15) is 10.4 Å². The van der Waals surface area contributed by atoms with Gasteiger partial charge in [0.2, 0.25) is 0 Å². The van der Waals surface area contributed by atoms with Gasteiger partial charge in [-0.25, -0.2) is 4.39 Å². The van der Waals surface area contributed by atoms with Crippen LogP contribution in [0.3, 0.4) is 0 Å². The lowest BCUT2D eigenvalue weighted by molar-refractivity contribution is 0.618. The molecule has 0 saturated carbocycles. The van der Waals surface area contributed by atoms with Gasteiger partial charge in [0.25, 0.3) is 0 Å². The van der Waals surface area contributed by atoms with Crippen LogP contribution in [0.15, 0.2) is 22.7 Å². The van der Waals surface area contributed by atoms with E-state index in [4.69, 9.17) is 5.26 Å². The average molecular weight is 351 g/mol. The number of nitriles is 1. The molecule has 110 valence electrons. The maximum Gasteiger partial charge on any atom is 0.141 e. The zero-order valence-electron chi connectivity index (χ0n) is 12.0. The number of anilines is 1. The number of rotatable bonds is 5. The first-order chi connectivity index (χ1) is 10.1. The number of aromatic nitrogens is 2. The zero-order chi connectivity index (χ0) is 15.4. The molecule has 21 heavy (non-hydrogen) atoms. The lowest BCUT2D eigenvalue weighted by atomic mass is 10.2. The fraction of sp³-hybridized carbons (Fsp3) is 0.333. The largest absolute Gasteiger partial charge is 0.379 e. The summed E-state index contributed by atoms with van der Waals surface area (Å²) in [6.07, 6.45) is 0.857. The van der Waals surface area contributed by atoms with E-state index in [1.807, 2.05) is 17.7 Å². The Bertz CT molecular complexity index is 688. The number of hydrogen-bond donors (Lipinski definition) is 1. The van der Waals surface area contributed by atoms with Gasteiger partial charge < -0.3 is 5.32 Å². The van der Waals surface area contributed by atoms with Crippen molar-refractivity contribution in [2.75, 3.05) is 5.32 Å². The van der Waals surface area contributed by atoms with Crippen LogP contribution in [0.5, 0.6) is 0 Å². The monoisotopic (exact) mass is 350 g/mol. The van der Waals surface area contributed by atoms with Crippen LogP contribution in [-0.4, -0.2) is 9.78 Å². The number of hydrogen-bond acceptors (Lipinski definition) is 3. The molecular formula is C15H16BrFN4. The lowest BCUT2D eigenvalue weighted by Crippen LogP contribution is -2.08. The van der Waals surface area contributed by atoms with Gasteiger partial charge in [-0.3, -0.25) is 4.68 Å². The molecule has 1 heterocycles. The van der Waals surface area contributed by atoms with Gasteiger partial charge in [0.1, 0.15) is 11.9 Å². The Balaban J connectivity index is 2.20. The Morgan fingerprint density at radius 1 is 1.43 bits per heavy atom. The third kappa shape index (κ3) is 3.24. The van der Waals surface area contributed by atoms with Crippen molar-refractivity contribution < 1.29 is 4.39 Å². The molecule has 2 aromatic rings. The molecule has 0 aliphatic heterocycles. The van der Waals surface area contributed by atoms with Gasteiger partial charge in [0.05, 0.1) is 28.0 Å². The summed E-state index contributed by atoms with van der Waals surface area (Å²) in [4.78, 5) is 0. The highest BCUT2D eigenvalue weighted by Crippen LogP contribution is 2.23. The predicted octanol–water partition coefficient (Wildman–Crippen LogP) is 3.85. The molecule has 0 radical (unpaired) electrons. The first-order valence-corrected chi connectivity index (χ1v) is 7.57. The van der Waals surface area contributed by atoms with Gasteiger partial charge in [-0.05, 0) is 47.5 Å². The van der Waals surface area contributed by atoms with E-state index in [1.54, 1.807) is 6.07 Å². The second-order valence-electron chi connectivity index (χ2n) is 4.54. The van der Waals surface area contributed by atoms with Gasteiger partial charge in [0, 0.05) is 12.2 Å². The molecule has 1 aromatic heterocycles. The van der Waals surface area contributed by atoms with Crippen LogP contribution in [0.4, 0.5) is 10.1 Å². The summed E-state index contributed by atoms with van der Waals surface area (Å²) >= 11 is 3.58. The van der Waals surface area contributed by atoms with Crippen LogP contribution >= 0.6 is 15.9 Å². The van der Waals surface area contributed by atoms with Crippen molar-refractivity contribution in [3.8, 4) is 6.07 Å². The summed E-state index contributed by atoms with van der Waals surface area (Å²) in [6, 6.07) is 6.27. The molecule has 0 aliphatic carbocycles. The van der Waals surface area contributed by atoms with E-state index in [0.717, 1.165) is 28.8 Å². The van der Waals surface area contributed by atoms with E-state index in [1.165, 1.54) is 12.1 Å². The number of nitrogens with one attached hydrogen (secondary N) is 1. The maximum atomic E-state index is 13.3. The van der Waals surface area contributed by atoms with Gasteiger partial charge in [-0.1, -0.05) is 6.92 Å². The van der Waals surface area contributed by atoms with Crippen LogP contribution in [0.1, 0.15) is 30.8 Å². The minimum absolute atomic E-state index is 0.0392. The number of aryl methyl sites for hydroxylation is 2. The average Bonchev–Trinajstić information content (AvgIpc) is 2.82. The smallest absolute Gasteiger partial charge is 0.141 e. The molecule has 0 bridgehead atoms. The van der Waals surface area contributed by atoms with E-state index in [0.29, 0.717) is 12.2 Å². The van der Waals surface area contributed by atoms with Crippen molar-refractivity contribution in [3.05, 3.63) is 45.4 Å². The molecule has 0 spiro atoms. The molecule has 6 heteroatoms. The first kappa shape index (κ1) is 15.5. The van der Waals surface area contributed by atoms with Crippen LogP contribution in [0.25, 0.3) is 0 Å². The molecule has 2 rings (SSSR count). The predicted molar refractivity (Wildman–Crippen MR) is 83.4 cm³/mol. The summed E-state index contributed by atoms with van der Waals surface area (Å²) in [5.41, 5.74) is 2.81. The van der Waals surface area contributed by atoms with E-state index in [9.17, 15) is 4.39 Å². The number of benzene rings is 1. The molecule has 0 aliphatic rings. The van der Waals surface area contributed by atoms with Crippen LogP contribution in [-0.2, 0) is 19.5 Å². The standard InChI is InChI=1S/C15H16BrFN4/c1-3-13-15(16)14(21(4-2)20-13)9-19-11-5-6-12(17)10(7-11)8-18/h5-7,19H,3-4,9H2,1-2H3. The molecule has 0 unspecified atom stereocenters. The highest BCUT2D eigenvalue weighted by molar-refractivity contribution is 9.10. The fourth-order valence-corrected chi connectivity index (χ4v) is 2.80. The van der Waals surface area contributed by atoms with Crippen LogP contribution in [0.2, 0.25) is 0 Å². The lowest BCUT2D eigenvalue weighted by Gasteiger charge is -2.09. The van der Waals surface area contributed by atoms with Gasteiger partial charge in [0.15, 0.2) is 0 Å². The molecule has 1 aromatic carbocycles. The molecule has 4 nitrogen and oxygen atoms in total. The first-order valence-electron chi connectivity index (χ1n) is 6.78. The van der Waals surface area contributed by atoms with E-state index in [2.05, 4.69) is 33.3 Å². The van der Waals surface area contributed by atoms with Crippen molar-refractivity contribution in [1.82, 2.24) is 9.78 Å². The third-order valence-electron chi connectivity index (χ3n) is 3.24. The Labute approximate surface area is 131 Å². The van der Waals surface area contributed by atoms with E-state index in [-0.39, 0.29) is 5.56 Å². The van der Waals surface area contributed by atoms with Gasteiger partial charge >= 0.3 is 0 Å². The van der Waals surface area contributed by atoms with Crippen molar-refractivity contribution in [3.63, 3.8) is 0 Å². The Kier molecular flexibility index (Phi) is 4.97. The highest BCUT2D eigenvalue weighted by atomic mass is 79.9. The fourth-order valence-electron chi connectivity index (χ4n) is 2.09. The topological polar surface area (TPSA) is 53.6 Å². The maximum absolute atomic E-state index is 13.3. The molecule has 0 amide bonds. The summed E-state index contributed by atoms with van der Waals surface area (Å²) in [7, 11) is 0. The molecule has 0 fully saturated rings. The Morgan fingerprint density at radius 2 is 2.19 bits per heavy atom. The Morgan fingerprint density at radius 3 is 2.81 bits per heavy atom. The van der Waals surface area contributed by atoms with Crippen molar-refractivity contribution >= 4 is 21.6 Å². The summed E-state index contributed by atoms with van der Waals surface area (Å²) in [5, 5.41) is 16.6. The molecular weight excluding hydrogens is 335 g/mol. The molecule has 0 atom stereocenters. The third-order valence-corrected chi connectivity index (χ3v) is 4.16. The minimum atomic E-state index is -0.504. The summed E-state index contributed by atoms with van der Waals surface area (Å²) in [5.74, 6) is -0.504. The minimum Gasteiger partial charge on any atom is -0.379 e. The summed E-state index contributed by atoms with van der Waals surface area (Å²) < 4.78 is 16.2. The van der Waals surface area contributed by atoms with Crippen LogP contribution in [0, 0.1) is 17.1 Å². The second kappa shape index (κ2) is 6.72. The van der Waals surface area contributed by atoms with Gasteiger partial charge in [-0.15, -0.1) is 0 Å². The zero-order valence-corrected chi connectivity index (χ0v) is 13.5. The second-order valence-corrected chi connectivity index (χ2v) is 5.33.